The average molecular weight is 484 g/mol. The van der Waals surface area contributed by atoms with Crippen LogP contribution in [0.3, 0.4) is 0 Å². The third-order valence-corrected chi connectivity index (χ3v) is 6.07. The number of anilines is 1. The summed E-state index contributed by atoms with van der Waals surface area (Å²) < 4.78 is 1.40. The molecular formula is C22H22ClN7O4. The Hall–Kier alpha value is -3.99. The van der Waals surface area contributed by atoms with Crippen LogP contribution in [0.5, 0.6) is 0 Å². The maximum atomic E-state index is 13.0. The van der Waals surface area contributed by atoms with Gasteiger partial charge in [0.05, 0.1) is 16.3 Å². The van der Waals surface area contributed by atoms with Gasteiger partial charge in [-0.15, -0.1) is 5.10 Å². The molecule has 2 heterocycles. The Kier molecular flexibility index (Phi) is 6.46. The first-order valence-corrected chi connectivity index (χ1v) is 10.9. The SMILES string of the molecule is Cc1ccc(NC(=O)N2CCN(C(=O)c3nnn(-c4cccc([N+](=O)[O-])c4)c3C)CC2)cc1Cl. The number of aromatic nitrogens is 3. The number of piperazine rings is 1. The van der Waals surface area contributed by atoms with Crippen molar-refractivity contribution in [3.63, 3.8) is 0 Å². The van der Waals surface area contributed by atoms with E-state index in [9.17, 15) is 19.7 Å². The van der Waals surface area contributed by atoms with Crippen molar-refractivity contribution in [3.8, 4) is 5.69 Å². The van der Waals surface area contributed by atoms with Crippen LogP contribution in [0.25, 0.3) is 5.69 Å². The summed E-state index contributed by atoms with van der Waals surface area (Å²) in [5.74, 6) is -0.306. The zero-order valence-corrected chi connectivity index (χ0v) is 19.3. The zero-order valence-electron chi connectivity index (χ0n) is 18.6. The summed E-state index contributed by atoms with van der Waals surface area (Å²) in [6.45, 7) is 4.95. The van der Waals surface area contributed by atoms with Crippen LogP contribution in [0.1, 0.15) is 21.7 Å². The van der Waals surface area contributed by atoms with E-state index in [0.717, 1.165) is 5.56 Å². The minimum absolute atomic E-state index is 0.0809. The fourth-order valence-electron chi connectivity index (χ4n) is 3.65. The van der Waals surface area contributed by atoms with Gasteiger partial charge in [0.15, 0.2) is 5.69 Å². The molecule has 3 aromatic rings. The molecule has 4 rings (SSSR count). The van der Waals surface area contributed by atoms with E-state index in [1.165, 1.54) is 16.8 Å². The highest BCUT2D eigenvalue weighted by atomic mass is 35.5. The van der Waals surface area contributed by atoms with Crippen LogP contribution in [0.15, 0.2) is 42.5 Å². The number of carbonyl (C=O) groups is 2. The number of rotatable bonds is 4. The van der Waals surface area contributed by atoms with E-state index in [1.54, 1.807) is 41.0 Å². The van der Waals surface area contributed by atoms with Crippen molar-refractivity contribution in [3.05, 3.63) is 74.6 Å². The van der Waals surface area contributed by atoms with Crippen molar-refractivity contribution in [2.75, 3.05) is 31.5 Å². The summed E-state index contributed by atoms with van der Waals surface area (Å²) >= 11 is 6.12. The van der Waals surface area contributed by atoms with Crippen LogP contribution < -0.4 is 5.32 Å². The quantitative estimate of drug-likeness (QED) is 0.447. The average Bonchev–Trinajstić information content (AvgIpc) is 3.22. The maximum Gasteiger partial charge on any atom is 0.321 e. The lowest BCUT2D eigenvalue weighted by Crippen LogP contribution is -2.51. The van der Waals surface area contributed by atoms with Gasteiger partial charge in [-0.2, -0.15) is 0 Å². The van der Waals surface area contributed by atoms with Gasteiger partial charge in [-0.05, 0) is 37.6 Å². The molecule has 34 heavy (non-hydrogen) atoms. The lowest BCUT2D eigenvalue weighted by molar-refractivity contribution is -0.384. The maximum absolute atomic E-state index is 13.0. The van der Waals surface area contributed by atoms with Gasteiger partial charge in [0.2, 0.25) is 0 Å². The van der Waals surface area contributed by atoms with Crippen LogP contribution in [0.2, 0.25) is 5.02 Å². The number of benzene rings is 2. The molecule has 1 aliphatic rings. The number of nitrogens with zero attached hydrogens (tertiary/aromatic N) is 6. The standard InChI is InChI=1S/C22H22ClN7O4/c1-14-6-7-16(12-19(14)23)24-22(32)28-10-8-27(9-11-28)21(31)20-15(2)29(26-25-20)17-4-3-5-18(13-17)30(33)34/h3-7,12-13H,8-11H2,1-2H3,(H,24,32). The first-order chi connectivity index (χ1) is 16.2. The molecule has 0 saturated carbocycles. The number of carbonyl (C=O) groups excluding carboxylic acids is 2. The Labute approximate surface area is 200 Å². The molecule has 0 bridgehead atoms. The Morgan fingerprint density at radius 2 is 1.76 bits per heavy atom. The van der Waals surface area contributed by atoms with E-state index >= 15 is 0 Å². The molecule has 11 nitrogen and oxygen atoms in total. The molecule has 1 aliphatic heterocycles. The Bertz CT molecular complexity index is 1270. The van der Waals surface area contributed by atoms with Crippen molar-refractivity contribution in [2.24, 2.45) is 0 Å². The van der Waals surface area contributed by atoms with E-state index < -0.39 is 4.92 Å². The number of nitro groups is 1. The van der Waals surface area contributed by atoms with E-state index in [4.69, 9.17) is 11.6 Å². The number of nitrogens with one attached hydrogen (secondary N) is 1. The third-order valence-electron chi connectivity index (χ3n) is 5.66. The van der Waals surface area contributed by atoms with Crippen LogP contribution in [-0.4, -0.2) is 67.8 Å². The smallest absolute Gasteiger partial charge is 0.321 e. The monoisotopic (exact) mass is 483 g/mol. The molecule has 0 spiro atoms. The van der Waals surface area contributed by atoms with Gasteiger partial charge in [0, 0.05) is 49.0 Å². The van der Waals surface area contributed by atoms with Crippen LogP contribution in [-0.2, 0) is 0 Å². The van der Waals surface area contributed by atoms with Crippen LogP contribution in [0, 0.1) is 24.0 Å². The summed E-state index contributed by atoms with van der Waals surface area (Å²) in [4.78, 5) is 39.4. The second-order valence-corrected chi connectivity index (χ2v) is 8.29. The van der Waals surface area contributed by atoms with Crippen molar-refractivity contribution >= 4 is 34.9 Å². The molecule has 0 radical (unpaired) electrons. The van der Waals surface area contributed by atoms with Gasteiger partial charge in [-0.1, -0.05) is 28.9 Å². The van der Waals surface area contributed by atoms with E-state index in [0.29, 0.717) is 48.3 Å². The molecular weight excluding hydrogens is 462 g/mol. The summed E-state index contributed by atoms with van der Waals surface area (Å²) in [6, 6.07) is 11.0. The molecule has 0 aliphatic carbocycles. The summed E-state index contributed by atoms with van der Waals surface area (Å²) in [6.07, 6.45) is 0. The molecule has 1 fully saturated rings. The number of hydrogen-bond acceptors (Lipinski definition) is 6. The lowest BCUT2D eigenvalue weighted by Gasteiger charge is -2.34. The minimum atomic E-state index is -0.495. The summed E-state index contributed by atoms with van der Waals surface area (Å²) in [5.41, 5.74) is 2.52. The molecule has 0 unspecified atom stereocenters. The van der Waals surface area contributed by atoms with Gasteiger partial charge in [-0.3, -0.25) is 14.9 Å². The molecule has 1 N–H and O–H groups in total. The fraction of sp³-hybridized carbons (Fsp3) is 0.273. The third kappa shape index (κ3) is 4.69. The van der Waals surface area contributed by atoms with E-state index in [1.807, 2.05) is 13.0 Å². The van der Waals surface area contributed by atoms with Crippen molar-refractivity contribution in [1.82, 2.24) is 24.8 Å². The molecule has 1 saturated heterocycles. The lowest BCUT2D eigenvalue weighted by atomic mass is 10.2. The number of non-ortho nitro benzene ring substituents is 1. The highest BCUT2D eigenvalue weighted by Gasteiger charge is 2.28. The van der Waals surface area contributed by atoms with Gasteiger partial charge in [-0.25, -0.2) is 9.48 Å². The van der Waals surface area contributed by atoms with Crippen molar-refractivity contribution in [2.45, 2.75) is 13.8 Å². The zero-order chi connectivity index (χ0) is 24.4. The fourth-order valence-corrected chi connectivity index (χ4v) is 3.83. The second-order valence-electron chi connectivity index (χ2n) is 7.89. The van der Waals surface area contributed by atoms with Gasteiger partial charge < -0.3 is 15.1 Å². The molecule has 176 valence electrons. The first kappa shape index (κ1) is 23.2. The minimum Gasteiger partial charge on any atom is -0.334 e. The molecule has 12 heteroatoms. The Morgan fingerprint density at radius 1 is 1.06 bits per heavy atom. The van der Waals surface area contributed by atoms with E-state index in [-0.39, 0.29) is 23.3 Å². The van der Waals surface area contributed by atoms with Gasteiger partial charge in [0.25, 0.3) is 11.6 Å². The normalized spacial score (nSPS) is 13.6. The topological polar surface area (TPSA) is 127 Å². The number of urea groups is 1. The van der Waals surface area contributed by atoms with Crippen molar-refractivity contribution < 1.29 is 14.5 Å². The highest BCUT2D eigenvalue weighted by molar-refractivity contribution is 6.31. The molecule has 1 aromatic heterocycles. The van der Waals surface area contributed by atoms with Gasteiger partial charge in [0.1, 0.15) is 0 Å². The Balaban J connectivity index is 1.40. The van der Waals surface area contributed by atoms with Gasteiger partial charge >= 0.3 is 6.03 Å². The Morgan fingerprint density at radius 3 is 2.44 bits per heavy atom. The number of amides is 3. The van der Waals surface area contributed by atoms with E-state index in [2.05, 4.69) is 15.6 Å². The number of nitro benzene ring substituents is 1. The molecule has 3 amide bonds. The molecule has 2 aromatic carbocycles. The first-order valence-electron chi connectivity index (χ1n) is 10.5. The summed E-state index contributed by atoms with van der Waals surface area (Å²) in [5, 5.41) is 22.5. The highest BCUT2D eigenvalue weighted by Crippen LogP contribution is 2.21. The largest absolute Gasteiger partial charge is 0.334 e. The van der Waals surface area contributed by atoms with Crippen LogP contribution in [0.4, 0.5) is 16.2 Å². The van der Waals surface area contributed by atoms with Crippen LogP contribution >= 0.6 is 11.6 Å². The summed E-state index contributed by atoms with van der Waals surface area (Å²) in [7, 11) is 0. The number of aryl methyl sites for hydroxylation is 1. The number of halogens is 1. The molecule has 0 atom stereocenters. The number of hydrogen-bond donors (Lipinski definition) is 1. The van der Waals surface area contributed by atoms with Crippen molar-refractivity contribution in [1.29, 1.82) is 0 Å². The predicted molar refractivity (Wildman–Crippen MR) is 125 cm³/mol. The second kappa shape index (κ2) is 9.48. The predicted octanol–water partition coefficient (Wildman–Crippen LogP) is 3.44.